The Hall–Kier alpha value is -2.66. The van der Waals surface area contributed by atoms with Gasteiger partial charge in [0.25, 0.3) is 5.91 Å². The number of ether oxygens (including phenoxy) is 1. The molecule has 3 heterocycles. The minimum Gasteiger partial charge on any atom is -0.379 e. The second-order valence-corrected chi connectivity index (χ2v) is 8.89. The first-order valence-corrected chi connectivity index (χ1v) is 11.1. The van der Waals surface area contributed by atoms with Crippen LogP contribution < -0.4 is 11.1 Å². The lowest BCUT2D eigenvalue weighted by Gasteiger charge is -2.50. The van der Waals surface area contributed by atoms with E-state index in [9.17, 15) is 18.0 Å². The van der Waals surface area contributed by atoms with Crippen LogP contribution in [0.25, 0.3) is 0 Å². The van der Waals surface area contributed by atoms with Crippen molar-refractivity contribution in [2.24, 2.45) is 10.7 Å². The molecule has 1 aromatic rings. The quantitative estimate of drug-likeness (QED) is 0.484. The molecule has 1 fully saturated rings. The fourth-order valence-corrected chi connectivity index (χ4v) is 4.70. The molecule has 0 bridgehead atoms. The van der Waals surface area contributed by atoms with Crippen LogP contribution in [0, 0.1) is 0 Å². The topological polar surface area (TPSA) is 89.6 Å². The van der Waals surface area contributed by atoms with Gasteiger partial charge in [-0.2, -0.15) is 13.2 Å². The Kier molecular flexibility index (Phi) is 7.04. The van der Waals surface area contributed by atoms with E-state index >= 15 is 4.39 Å². The lowest BCUT2D eigenvalue weighted by Crippen LogP contribution is -2.63. The number of hydrogen-bond acceptors (Lipinski definition) is 6. The molecule has 6 nitrogen and oxygen atoms in total. The molecule has 178 valence electrons. The molecule has 0 spiro atoms. The molecular weight excluding hydrogens is 460 g/mol. The van der Waals surface area contributed by atoms with Crippen LogP contribution in [0.2, 0.25) is 0 Å². The van der Waals surface area contributed by atoms with Gasteiger partial charge in [0.1, 0.15) is 11.2 Å². The predicted molar refractivity (Wildman–Crippen MR) is 119 cm³/mol. The smallest absolute Gasteiger partial charge is 0.379 e. The van der Waals surface area contributed by atoms with Gasteiger partial charge in [-0.3, -0.25) is 9.78 Å². The van der Waals surface area contributed by atoms with Crippen LogP contribution in [-0.4, -0.2) is 45.7 Å². The summed E-state index contributed by atoms with van der Waals surface area (Å²) in [5.41, 5.74) is 1.98. The molecule has 3 N–H and O–H groups in total. The molecular formula is C22H24F4N4O2S. The lowest BCUT2D eigenvalue weighted by atomic mass is 9.72. The summed E-state index contributed by atoms with van der Waals surface area (Å²) in [7, 11) is 0. The van der Waals surface area contributed by atoms with E-state index in [1.54, 1.807) is 26.0 Å². The second-order valence-electron chi connectivity index (χ2n) is 7.90. The van der Waals surface area contributed by atoms with Crippen molar-refractivity contribution in [1.29, 1.82) is 0 Å². The van der Waals surface area contributed by atoms with Crippen molar-refractivity contribution in [2.45, 2.75) is 43.8 Å². The maximum atomic E-state index is 16.1. The minimum atomic E-state index is -4.56. The summed E-state index contributed by atoms with van der Waals surface area (Å²) in [6, 6.07) is 1.75. The molecule has 1 saturated heterocycles. The summed E-state index contributed by atoms with van der Waals surface area (Å²) < 4.78 is 60.0. The first-order chi connectivity index (χ1) is 15.4. The van der Waals surface area contributed by atoms with E-state index in [1.165, 1.54) is 6.08 Å². The number of amidine groups is 1. The number of alkyl halides is 4. The molecule has 0 radical (unpaired) electrons. The third kappa shape index (κ3) is 5.14. The predicted octanol–water partition coefficient (Wildman–Crippen LogP) is 4.16. The Bertz CT molecular complexity index is 1020. The maximum absolute atomic E-state index is 16.1. The number of amides is 1. The number of aromatic nitrogens is 1. The number of fused-ring (bicyclic) bond motifs is 1. The van der Waals surface area contributed by atoms with Crippen molar-refractivity contribution >= 4 is 22.8 Å². The Morgan fingerprint density at radius 3 is 2.76 bits per heavy atom. The molecule has 1 amide bonds. The number of rotatable bonds is 5. The van der Waals surface area contributed by atoms with Crippen molar-refractivity contribution in [2.75, 3.05) is 12.4 Å². The molecule has 0 aromatic carbocycles. The van der Waals surface area contributed by atoms with Crippen LogP contribution in [0.3, 0.4) is 0 Å². The number of aliphatic imine (C=N–C) groups is 1. The highest BCUT2D eigenvalue weighted by Gasteiger charge is 2.59. The fourth-order valence-electron chi connectivity index (χ4n) is 3.75. The van der Waals surface area contributed by atoms with Crippen LogP contribution in [0.1, 0.15) is 36.3 Å². The molecule has 0 saturated carbocycles. The van der Waals surface area contributed by atoms with Gasteiger partial charge in [0.15, 0.2) is 10.8 Å². The number of nitrogens with zero attached hydrogens (tertiary/aromatic N) is 2. The number of carbonyl (C=O) groups is 1. The van der Waals surface area contributed by atoms with E-state index in [0.29, 0.717) is 6.20 Å². The van der Waals surface area contributed by atoms with E-state index in [0.717, 1.165) is 23.9 Å². The number of allylic oxidation sites excluding steroid dienone is 2. The molecule has 0 unspecified atom stereocenters. The van der Waals surface area contributed by atoms with Crippen LogP contribution in [0.5, 0.6) is 0 Å². The number of nitrogens with one attached hydrogen (secondary N) is 1. The average molecular weight is 485 g/mol. The Labute approximate surface area is 193 Å². The van der Waals surface area contributed by atoms with Gasteiger partial charge in [-0.05, 0) is 43.7 Å². The number of hydrogen-bond donors (Lipinski definition) is 2. The van der Waals surface area contributed by atoms with E-state index in [4.69, 9.17) is 10.5 Å². The molecule has 11 heteroatoms. The van der Waals surface area contributed by atoms with Crippen LogP contribution in [0.4, 0.5) is 17.6 Å². The van der Waals surface area contributed by atoms with Gasteiger partial charge in [-0.1, -0.05) is 24.4 Å². The maximum Gasteiger partial charge on any atom is 0.417 e. The summed E-state index contributed by atoms with van der Waals surface area (Å²) in [6.07, 6.45) is 0.451. The zero-order valence-corrected chi connectivity index (χ0v) is 18.9. The average Bonchev–Trinajstić information content (AvgIpc) is 2.73. The number of nitrogens with two attached hydrogens (primary N) is 1. The summed E-state index contributed by atoms with van der Waals surface area (Å²) in [5.74, 6) is -0.649. The van der Waals surface area contributed by atoms with E-state index < -0.39 is 28.9 Å². The first-order valence-electron chi connectivity index (χ1n) is 10.1. The molecule has 2 aliphatic heterocycles. The van der Waals surface area contributed by atoms with Gasteiger partial charge in [0, 0.05) is 24.1 Å². The van der Waals surface area contributed by atoms with Gasteiger partial charge in [0.05, 0.1) is 18.3 Å². The normalized spacial score (nSPS) is 28.2. The lowest BCUT2D eigenvalue weighted by molar-refractivity contribution is -0.137. The zero-order valence-electron chi connectivity index (χ0n) is 18.1. The van der Waals surface area contributed by atoms with Crippen LogP contribution >= 0.6 is 11.8 Å². The van der Waals surface area contributed by atoms with Crippen molar-refractivity contribution in [3.05, 3.63) is 65.7 Å². The molecule has 0 aliphatic carbocycles. The number of thioether (sulfide) groups is 1. The summed E-state index contributed by atoms with van der Waals surface area (Å²) in [4.78, 5) is 20.6. The monoisotopic (exact) mass is 484 g/mol. The van der Waals surface area contributed by atoms with Crippen molar-refractivity contribution in [3.8, 4) is 0 Å². The van der Waals surface area contributed by atoms with Gasteiger partial charge < -0.3 is 15.8 Å². The summed E-state index contributed by atoms with van der Waals surface area (Å²) in [5, 5.41) is 2.78. The molecule has 3 rings (SSSR count). The van der Waals surface area contributed by atoms with E-state index in [1.807, 2.05) is 0 Å². The molecule has 1 aromatic heterocycles. The summed E-state index contributed by atoms with van der Waals surface area (Å²) in [6.45, 7) is 7.41. The molecule has 3 atom stereocenters. The van der Waals surface area contributed by atoms with Crippen LogP contribution in [0.15, 0.2) is 59.4 Å². The van der Waals surface area contributed by atoms with Gasteiger partial charge in [0.2, 0.25) is 0 Å². The van der Waals surface area contributed by atoms with Crippen molar-refractivity contribution in [1.82, 2.24) is 10.3 Å². The zero-order chi connectivity index (χ0) is 24.4. The number of carbonyl (C=O) groups excluding carboxylic acids is 1. The standard InChI is InChI=1S/C22H24F4N4O2S/c1-4-5-16(29-18(31)17-7-6-15(10-28-17)22(24,25)26)8-13(2)21-11-32-14(3)9-20(21,23)12-33-19(27)30-21/h4-8,10,14H,2,9,11-12H2,1,3H3,(H2,27,30)(H,29,31)/b5-4-,16-8+/t14-,20+,21+/m0/s1. The van der Waals surface area contributed by atoms with Crippen molar-refractivity contribution in [3.63, 3.8) is 0 Å². The molecule has 2 aliphatic rings. The summed E-state index contributed by atoms with van der Waals surface area (Å²) >= 11 is 1.12. The van der Waals surface area contributed by atoms with Gasteiger partial charge in [-0.15, -0.1) is 0 Å². The third-order valence-electron chi connectivity index (χ3n) is 5.47. The Morgan fingerprint density at radius 2 is 2.15 bits per heavy atom. The van der Waals surface area contributed by atoms with Crippen LogP contribution in [-0.2, 0) is 10.9 Å². The second kappa shape index (κ2) is 9.30. The van der Waals surface area contributed by atoms with E-state index in [-0.39, 0.29) is 47.0 Å². The molecule has 33 heavy (non-hydrogen) atoms. The number of halogens is 4. The van der Waals surface area contributed by atoms with E-state index in [2.05, 4.69) is 21.9 Å². The fraction of sp³-hybridized carbons (Fsp3) is 0.409. The third-order valence-corrected chi connectivity index (χ3v) is 6.46. The SMILES string of the molecule is C=C(/C=C(\C=C/C)NC(=O)c1ccc(C(F)(F)F)cn1)[C@]12CO[C@@H](C)C[C@@]1(F)CSC(N)=N2. The first kappa shape index (κ1) is 25.0. The minimum absolute atomic E-state index is 0.0706. The highest BCUT2D eigenvalue weighted by molar-refractivity contribution is 8.13. The number of pyridine rings is 1. The highest BCUT2D eigenvalue weighted by atomic mass is 32.2. The largest absolute Gasteiger partial charge is 0.417 e. The van der Waals surface area contributed by atoms with Crippen molar-refractivity contribution < 1.29 is 27.1 Å². The highest BCUT2D eigenvalue weighted by Crippen LogP contribution is 2.49. The van der Waals surface area contributed by atoms with Gasteiger partial charge in [-0.25, -0.2) is 9.38 Å². The Balaban J connectivity index is 1.89. The van der Waals surface area contributed by atoms with Gasteiger partial charge >= 0.3 is 6.18 Å². The Morgan fingerprint density at radius 1 is 1.42 bits per heavy atom.